The molecule has 2 rings (SSSR count). The minimum Gasteiger partial charge on any atom is -0.398 e. The Kier molecular flexibility index (Phi) is 7.97. The van der Waals surface area contributed by atoms with Crippen LogP contribution < -0.4 is 5.73 Å². The maximum atomic E-state index is 12.4. The van der Waals surface area contributed by atoms with Crippen molar-refractivity contribution in [1.29, 1.82) is 0 Å². The zero-order chi connectivity index (χ0) is 17.9. The van der Waals surface area contributed by atoms with Gasteiger partial charge in [-0.25, -0.2) is 0 Å². The third-order valence-corrected chi connectivity index (χ3v) is 4.41. The van der Waals surface area contributed by atoms with Gasteiger partial charge in [-0.05, 0) is 36.6 Å². The van der Waals surface area contributed by atoms with Crippen LogP contribution in [-0.2, 0) is 0 Å². The van der Waals surface area contributed by atoms with Gasteiger partial charge in [-0.1, -0.05) is 81.5 Å². The highest BCUT2D eigenvalue weighted by atomic mass is 16.1. The van der Waals surface area contributed by atoms with Crippen LogP contribution in [0.25, 0.3) is 11.1 Å². The highest BCUT2D eigenvalue weighted by Crippen LogP contribution is 2.26. The van der Waals surface area contributed by atoms with E-state index < -0.39 is 0 Å². The van der Waals surface area contributed by atoms with Crippen LogP contribution in [0.4, 0.5) is 5.69 Å². The number of hydrogen-bond acceptors (Lipinski definition) is 2. The summed E-state index contributed by atoms with van der Waals surface area (Å²) in [5, 5.41) is 0. The molecule has 0 radical (unpaired) electrons. The number of nitrogen functional groups attached to an aromatic ring is 1. The van der Waals surface area contributed by atoms with Crippen LogP contribution in [0.15, 0.2) is 60.7 Å². The Morgan fingerprint density at radius 3 is 2.52 bits per heavy atom. The van der Waals surface area contributed by atoms with Crippen molar-refractivity contribution in [2.45, 2.75) is 51.9 Å². The fourth-order valence-corrected chi connectivity index (χ4v) is 2.93. The molecule has 0 aliphatic rings. The first-order valence-electron chi connectivity index (χ1n) is 9.38. The lowest BCUT2D eigenvalue weighted by Gasteiger charge is -2.06. The predicted octanol–water partition coefficient (Wildman–Crippen LogP) is 6.43. The number of rotatable bonds is 10. The molecule has 0 spiro atoms. The molecule has 2 aromatic rings. The average Bonchev–Trinajstić information content (AvgIpc) is 2.64. The fraction of sp³-hybridized carbons (Fsp3) is 0.348. The van der Waals surface area contributed by atoms with Gasteiger partial charge in [0.15, 0.2) is 5.78 Å². The molecule has 132 valence electrons. The van der Waals surface area contributed by atoms with Crippen molar-refractivity contribution in [1.82, 2.24) is 0 Å². The molecule has 0 amide bonds. The topological polar surface area (TPSA) is 43.1 Å². The highest BCUT2D eigenvalue weighted by Gasteiger charge is 2.06. The van der Waals surface area contributed by atoms with Gasteiger partial charge < -0.3 is 5.73 Å². The second-order valence-corrected chi connectivity index (χ2v) is 6.49. The van der Waals surface area contributed by atoms with Crippen molar-refractivity contribution in [2.24, 2.45) is 0 Å². The van der Waals surface area contributed by atoms with E-state index in [1.807, 2.05) is 54.6 Å². The van der Waals surface area contributed by atoms with Crippen LogP contribution in [0.2, 0.25) is 0 Å². The number of benzene rings is 2. The predicted molar refractivity (Wildman–Crippen MR) is 108 cm³/mol. The Morgan fingerprint density at radius 1 is 0.960 bits per heavy atom. The van der Waals surface area contributed by atoms with E-state index in [1.54, 1.807) is 6.08 Å². The summed E-state index contributed by atoms with van der Waals surface area (Å²) >= 11 is 0. The highest BCUT2D eigenvalue weighted by molar-refractivity contribution is 6.05. The van der Waals surface area contributed by atoms with Crippen molar-refractivity contribution < 1.29 is 4.79 Å². The average molecular weight is 335 g/mol. The largest absolute Gasteiger partial charge is 0.398 e. The molecule has 2 nitrogen and oxygen atoms in total. The Labute approximate surface area is 151 Å². The number of para-hydroxylation sites is 1. The molecule has 0 bridgehead atoms. The summed E-state index contributed by atoms with van der Waals surface area (Å²) in [5.74, 6) is 0.0577. The fourth-order valence-electron chi connectivity index (χ4n) is 2.93. The van der Waals surface area contributed by atoms with E-state index in [0.717, 1.165) is 29.7 Å². The maximum absolute atomic E-state index is 12.4. The van der Waals surface area contributed by atoms with Crippen molar-refractivity contribution in [2.75, 3.05) is 5.73 Å². The first-order chi connectivity index (χ1) is 12.2. The van der Waals surface area contributed by atoms with Crippen molar-refractivity contribution >= 4 is 11.5 Å². The van der Waals surface area contributed by atoms with E-state index in [1.165, 1.54) is 32.1 Å². The van der Waals surface area contributed by atoms with Crippen LogP contribution in [0.1, 0.15) is 62.2 Å². The quantitative estimate of drug-likeness (QED) is 0.235. The smallest absolute Gasteiger partial charge is 0.185 e. The summed E-state index contributed by atoms with van der Waals surface area (Å²) in [6, 6.07) is 15.4. The van der Waals surface area contributed by atoms with Crippen molar-refractivity contribution in [3.63, 3.8) is 0 Å². The molecule has 25 heavy (non-hydrogen) atoms. The SMILES string of the molecule is CCCCCCCC/C=C/C(=O)c1cccc(-c2ccccc2N)c1. The molecule has 2 heteroatoms. The zero-order valence-corrected chi connectivity index (χ0v) is 15.2. The Morgan fingerprint density at radius 2 is 1.72 bits per heavy atom. The van der Waals surface area contributed by atoms with Gasteiger partial charge >= 0.3 is 0 Å². The number of carbonyl (C=O) groups excluding carboxylic acids is 1. The molecule has 0 aliphatic carbocycles. The van der Waals surface area contributed by atoms with Gasteiger partial charge in [-0.15, -0.1) is 0 Å². The van der Waals surface area contributed by atoms with Gasteiger partial charge in [-0.2, -0.15) is 0 Å². The summed E-state index contributed by atoms with van der Waals surface area (Å²) in [6.45, 7) is 2.23. The van der Waals surface area contributed by atoms with Crippen molar-refractivity contribution in [3.05, 3.63) is 66.2 Å². The van der Waals surface area contributed by atoms with E-state index in [4.69, 9.17) is 5.73 Å². The van der Waals surface area contributed by atoms with E-state index in [-0.39, 0.29) is 5.78 Å². The van der Waals surface area contributed by atoms with E-state index in [0.29, 0.717) is 5.56 Å². The number of carbonyl (C=O) groups is 1. The third kappa shape index (κ3) is 6.22. The summed E-state index contributed by atoms with van der Waals surface area (Å²) in [5.41, 5.74) is 9.42. The number of allylic oxidation sites excluding steroid dienone is 2. The van der Waals surface area contributed by atoms with E-state index in [2.05, 4.69) is 6.92 Å². The van der Waals surface area contributed by atoms with E-state index >= 15 is 0 Å². The van der Waals surface area contributed by atoms with Gasteiger partial charge in [0, 0.05) is 16.8 Å². The molecular weight excluding hydrogens is 306 g/mol. The minimum atomic E-state index is 0.0577. The molecule has 2 aromatic carbocycles. The summed E-state index contributed by atoms with van der Waals surface area (Å²) in [6.07, 6.45) is 12.3. The third-order valence-electron chi connectivity index (χ3n) is 4.41. The zero-order valence-electron chi connectivity index (χ0n) is 15.2. The van der Waals surface area contributed by atoms with E-state index in [9.17, 15) is 4.79 Å². The lowest BCUT2D eigenvalue weighted by atomic mass is 10.00. The van der Waals surface area contributed by atoms with Gasteiger partial charge in [0.25, 0.3) is 0 Å². The Balaban J connectivity index is 1.89. The summed E-state index contributed by atoms with van der Waals surface area (Å²) in [7, 11) is 0. The monoisotopic (exact) mass is 335 g/mol. The minimum absolute atomic E-state index is 0.0577. The van der Waals surface area contributed by atoms with Crippen LogP contribution in [0.3, 0.4) is 0 Å². The van der Waals surface area contributed by atoms with Gasteiger partial charge in [-0.3, -0.25) is 4.79 Å². The number of nitrogens with two attached hydrogens (primary N) is 1. The first kappa shape index (κ1) is 19.0. The number of anilines is 1. The summed E-state index contributed by atoms with van der Waals surface area (Å²) in [4.78, 5) is 12.4. The van der Waals surface area contributed by atoms with Gasteiger partial charge in [0.05, 0.1) is 0 Å². The number of unbranched alkanes of at least 4 members (excludes halogenated alkanes) is 6. The molecule has 2 N–H and O–H groups in total. The first-order valence-corrected chi connectivity index (χ1v) is 9.38. The molecule has 0 heterocycles. The molecule has 0 unspecified atom stereocenters. The normalized spacial score (nSPS) is 11.1. The molecule has 0 fully saturated rings. The molecular formula is C23H29NO. The summed E-state index contributed by atoms with van der Waals surface area (Å²) < 4.78 is 0. The van der Waals surface area contributed by atoms with Crippen LogP contribution >= 0.6 is 0 Å². The molecule has 0 aliphatic heterocycles. The van der Waals surface area contributed by atoms with Crippen LogP contribution in [0, 0.1) is 0 Å². The standard InChI is InChI=1S/C23H29NO/c1-2-3-4-5-6-7-8-9-17-23(25)20-14-12-13-19(18-20)21-15-10-11-16-22(21)24/h9-18H,2-8,24H2,1H3/b17-9+. The second kappa shape index (κ2) is 10.5. The van der Waals surface area contributed by atoms with Crippen molar-refractivity contribution in [3.8, 4) is 11.1 Å². The van der Waals surface area contributed by atoms with Gasteiger partial charge in [0.1, 0.15) is 0 Å². The number of hydrogen-bond donors (Lipinski definition) is 1. The Hall–Kier alpha value is -2.35. The molecule has 0 saturated heterocycles. The lowest BCUT2D eigenvalue weighted by molar-refractivity contribution is 0.104. The van der Waals surface area contributed by atoms with Crippen LogP contribution in [-0.4, -0.2) is 5.78 Å². The maximum Gasteiger partial charge on any atom is 0.185 e. The van der Waals surface area contributed by atoms with Crippen LogP contribution in [0.5, 0.6) is 0 Å². The molecule has 0 saturated carbocycles. The number of ketones is 1. The second-order valence-electron chi connectivity index (χ2n) is 6.49. The lowest BCUT2D eigenvalue weighted by Crippen LogP contribution is -1.95. The van der Waals surface area contributed by atoms with Gasteiger partial charge in [0.2, 0.25) is 0 Å². The molecule has 0 atom stereocenters. The Bertz CT molecular complexity index is 703. The molecule has 0 aromatic heterocycles.